The number of carbonyl (C=O) groups is 1. The molecule has 0 radical (unpaired) electrons. The van der Waals surface area contributed by atoms with Crippen molar-refractivity contribution in [3.63, 3.8) is 0 Å². The van der Waals surface area contributed by atoms with E-state index in [4.69, 9.17) is 4.84 Å². The molecule has 2 saturated heterocycles. The van der Waals surface area contributed by atoms with E-state index in [9.17, 15) is 22.4 Å². The number of hydroxylamine groups is 1. The first-order chi connectivity index (χ1) is 18.9. The summed E-state index contributed by atoms with van der Waals surface area (Å²) in [5.74, 6) is -0.552. The van der Waals surface area contributed by atoms with Crippen molar-refractivity contribution in [2.24, 2.45) is 11.3 Å². The molecule has 3 fully saturated rings. The van der Waals surface area contributed by atoms with Crippen LogP contribution in [0, 0.1) is 11.3 Å². The maximum Gasteiger partial charge on any atom is 0.279 e. The third-order valence-corrected chi connectivity index (χ3v) is 9.43. The van der Waals surface area contributed by atoms with E-state index in [-0.39, 0.29) is 23.8 Å². The zero-order valence-corrected chi connectivity index (χ0v) is 22.5. The third kappa shape index (κ3) is 6.60. The predicted octanol–water partition coefficient (Wildman–Crippen LogP) is 5.65. The number of hydrogen-bond donors (Lipinski definition) is 4. The Balaban J connectivity index is 1.30. The van der Waals surface area contributed by atoms with Crippen LogP contribution in [-0.2, 0) is 16.1 Å². The molecule has 2 heterocycles. The number of rotatable bonds is 5. The van der Waals surface area contributed by atoms with Gasteiger partial charge in [0.05, 0.1) is 12.1 Å². The van der Waals surface area contributed by atoms with E-state index in [1.54, 1.807) is 0 Å². The molecule has 2 aliphatic carbocycles. The highest BCUT2D eigenvalue weighted by molar-refractivity contribution is 5.80. The minimum atomic E-state index is -2.64. The largest absolute Gasteiger partial charge is 0.349 e. The summed E-state index contributed by atoms with van der Waals surface area (Å²) >= 11 is 0. The van der Waals surface area contributed by atoms with Gasteiger partial charge in [-0.1, -0.05) is 69.6 Å². The monoisotopic (exact) mass is 554 g/mol. The van der Waals surface area contributed by atoms with Crippen molar-refractivity contribution < 1.29 is 27.2 Å². The molecule has 218 valence electrons. The normalized spacial score (nSPS) is 31.8. The molecule has 6 nitrogen and oxygen atoms in total. The van der Waals surface area contributed by atoms with Crippen LogP contribution < -0.4 is 21.4 Å². The quantitative estimate of drug-likeness (QED) is 0.354. The summed E-state index contributed by atoms with van der Waals surface area (Å²) in [5.41, 5.74) is 5.18. The Hall–Kier alpha value is -1.75. The fourth-order valence-electron chi connectivity index (χ4n) is 7.19. The lowest BCUT2D eigenvalue weighted by atomic mass is 9.64. The van der Waals surface area contributed by atoms with Crippen molar-refractivity contribution in [3.8, 4) is 0 Å². The molecule has 5 rings (SSSR count). The van der Waals surface area contributed by atoms with Crippen LogP contribution in [0.25, 0.3) is 0 Å². The molecular weight excluding hydrogens is 512 g/mol. The standard InChI is InChI=1S/C29H42F4N4O2/c30-24(31)23-16-21(29(17-34-23)13-7-5-3-1-2-4-6-8-14-29)27(38)35-22-12-10-18-15-19(9-11-20(18)22)26-36-28(25(32)33)39-37-26/h9,11,15,21-26,28,34,36-37H,1-8,10,12-14,16-17H2,(H,35,38)/t21?,22-,23?,26?,28?/m1/s1. The maximum absolute atomic E-state index is 13.9. The fraction of sp³-hybridized carbons (Fsp3) is 0.759. The second kappa shape index (κ2) is 12.8. The van der Waals surface area contributed by atoms with Crippen LogP contribution in [0.3, 0.4) is 0 Å². The molecule has 4 N–H and O–H groups in total. The topological polar surface area (TPSA) is 74.4 Å². The highest BCUT2D eigenvalue weighted by atomic mass is 19.3. The van der Waals surface area contributed by atoms with Gasteiger partial charge in [0.2, 0.25) is 5.91 Å². The molecule has 0 aromatic heterocycles. The molecular formula is C29H42F4N4O2. The summed E-state index contributed by atoms with van der Waals surface area (Å²) in [6, 6.07) is 4.61. The van der Waals surface area contributed by atoms with E-state index >= 15 is 0 Å². The van der Waals surface area contributed by atoms with Crippen LogP contribution >= 0.6 is 0 Å². The van der Waals surface area contributed by atoms with Crippen LogP contribution in [0.1, 0.15) is 106 Å². The van der Waals surface area contributed by atoms with Crippen molar-refractivity contribution in [2.75, 3.05) is 6.54 Å². The van der Waals surface area contributed by atoms with Gasteiger partial charge in [0.25, 0.3) is 12.9 Å². The Labute approximate surface area is 228 Å². The number of hydrogen-bond acceptors (Lipinski definition) is 5. The zero-order valence-electron chi connectivity index (χ0n) is 22.5. The summed E-state index contributed by atoms with van der Waals surface area (Å²) in [7, 11) is 0. The summed E-state index contributed by atoms with van der Waals surface area (Å²) in [6.45, 7) is 0.466. The van der Waals surface area contributed by atoms with Gasteiger partial charge in [0.1, 0.15) is 6.17 Å². The number of carbonyl (C=O) groups excluding carboxylic acids is 1. The van der Waals surface area contributed by atoms with E-state index < -0.39 is 37.2 Å². The van der Waals surface area contributed by atoms with Gasteiger partial charge in [-0.15, -0.1) is 0 Å². The van der Waals surface area contributed by atoms with E-state index in [1.165, 1.54) is 25.7 Å². The summed E-state index contributed by atoms with van der Waals surface area (Å²) < 4.78 is 53.5. The first-order valence-electron chi connectivity index (χ1n) is 14.8. The van der Waals surface area contributed by atoms with E-state index in [0.717, 1.165) is 68.1 Å². The molecule has 0 bridgehead atoms. The summed E-state index contributed by atoms with van der Waals surface area (Å²) in [6.07, 6.45) is 5.55. The maximum atomic E-state index is 13.9. The third-order valence-electron chi connectivity index (χ3n) is 9.43. The molecule has 4 unspecified atom stereocenters. The molecule has 10 heteroatoms. The van der Waals surface area contributed by atoms with Crippen molar-refractivity contribution in [2.45, 2.75) is 121 Å². The molecule has 1 aromatic carbocycles. The van der Waals surface area contributed by atoms with Crippen LogP contribution in [0.5, 0.6) is 0 Å². The number of benzene rings is 1. The van der Waals surface area contributed by atoms with E-state index in [1.807, 2.05) is 18.2 Å². The van der Waals surface area contributed by atoms with Gasteiger partial charge >= 0.3 is 0 Å². The summed E-state index contributed by atoms with van der Waals surface area (Å²) in [4.78, 5) is 18.8. The summed E-state index contributed by atoms with van der Waals surface area (Å²) in [5, 5.41) is 9.11. The van der Waals surface area contributed by atoms with Gasteiger partial charge in [-0.25, -0.2) is 17.6 Å². The molecule has 4 aliphatic rings. The SMILES string of the molecule is O=C(N[C@@H]1CCc2cc(C3NOC(C(F)F)N3)ccc21)C1CC(C(F)F)NCC12CCCCCCCCCC2. The van der Waals surface area contributed by atoms with Crippen molar-refractivity contribution in [1.82, 2.24) is 21.4 Å². The number of aryl methyl sites for hydroxylation is 1. The first kappa shape index (κ1) is 28.8. The fourth-order valence-corrected chi connectivity index (χ4v) is 7.19. The number of halogens is 4. The Morgan fingerprint density at radius 1 is 0.974 bits per heavy atom. The van der Waals surface area contributed by atoms with Crippen LogP contribution in [-0.4, -0.2) is 37.6 Å². The Kier molecular flexibility index (Phi) is 9.46. The minimum Gasteiger partial charge on any atom is -0.349 e. The van der Waals surface area contributed by atoms with Gasteiger partial charge < -0.3 is 10.6 Å². The van der Waals surface area contributed by atoms with Gasteiger partial charge in [0, 0.05) is 12.5 Å². The van der Waals surface area contributed by atoms with Gasteiger partial charge in [-0.05, 0) is 54.2 Å². The Morgan fingerprint density at radius 2 is 1.67 bits per heavy atom. The molecule has 39 heavy (non-hydrogen) atoms. The molecule has 1 saturated carbocycles. The van der Waals surface area contributed by atoms with Crippen LogP contribution in [0.15, 0.2) is 18.2 Å². The molecule has 1 aromatic rings. The molecule has 1 spiro atoms. The van der Waals surface area contributed by atoms with Gasteiger partial charge in [0.15, 0.2) is 6.23 Å². The highest BCUT2D eigenvalue weighted by Gasteiger charge is 2.48. The van der Waals surface area contributed by atoms with E-state index in [2.05, 4.69) is 21.4 Å². The van der Waals surface area contributed by atoms with Crippen molar-refractivity contribution in [1.29, 1.82) is 0 Å². The number of piperidine rings is 1. The smallest absolute Gasteiger partial charge is 0.279 e. The van der Waals surface area contributed by atoms with E-state index in [0.29, 0.717) is 6.54 Å². The van der Waals surface area contributed by atoms with Gasteiger partial charge in [-0.2, -0.15) is 5.48 Å². The zero-order chi connectivity index (χ0) is 27.4. The average molecular weight is 555 g/mol. The molecule has 1 amide bonds. The molecule has 5 atom stereocenters. The second-order valence-electron chi connectivity index (χ2n) is 11.9. The highest BCUT2D eigenvalue weighted by Crippen LogP contribution is 2.45. The Bertz CT molecular complexity index is 969. The Morgan fingerprint density at radius 3 is 2.31 bits per heavy atom. The van der Waals surface area contributed by atoms with Crippen molar-refractivity contribution >= 4 is 5.91 Å². The number of amides is 1. The minimum absolute atomic E-state index is 0.105. The first-order valence-corrected chi connectivity index (χ1v) is 14.8. The lowest BCUT2D eigenvalue weighted by molar-refractivity contribution is -0.134. The number of nitrogens with one attached hydrogen (secondary N) is 4. The lowest BCUT2D eigenvalue weighted by Crippen LogP contribution is -2.57. The lowest BCUT2D eigenvalue weighted by Gasteiger charge is -2.47. The van der Waals surface area contributed by atoms with Gasteiger partial charge in [-0.3, -0.25) is 14.9 Å². The second-order valence-corrected chi connectivity index (χ2v) is 11.9. The number of alkyl halides is 4. The average Bonchev–Trinajstić information content (AvgIpc) is 3.56. The molecule has 2 aliphatic heterocycles. The van der Waals surface area contributed by atoms with Crippen LogP contribution in [0.4, 0.5) is 17.6 Å². The van der Waals surface area contributed by atoms with Crippen molar-refractivity contribution in [3.05, 3.63) is 34.9 Å². The number of fused-ring (bicyclic) bond motifs is 1. The predicted molar refractivity (Wildman–Crippen MR) is 140 cm³/mol. The van der Waals surface area contributed by atoms with Crippen LogP contribution in [0.2, 0.25) is 0 Å².